The summed E-state index contributed by atoms with van der Waals surface area (Å²) >= 11 is 0. The van der Waals surface area contributed by atoms with Crippen molar-refractivity contribution in [1.82, 2.24) is 4.98 Å². The third-order valence-corrected chi connectivity index (χ3v) is 3.79. The van der Waals surface area contributed by atoms with Crippen LogP contribution in [0.3, 0.4) is 0 Å². The van der Waals surface area contributed by atoms with Gasteiger partial charge in [-0.25, -0.2) is 0 Å². The number of carbonyl (C=O) groups excluding carboxylic acids is 2. The summed E-state index contributed by atoms with van der Waals surface area (Å²) < 4.78 is 0. The molecule has 2 aromatic rings. The van der Waals surface area contributed by atoms with Gasteiger partial charge in [0, 0.05) is 19.0 Å². The number of rotatable bonds is 2. The maximum absolute atomic E-state index is 12.3. The van der Waals surface area contributed by atoms with Crippen LogP contribution in [0.4, 0.5) is 0 Å². The van der Waals surface area contributed by atoms with Crippen LogP contribution in [-0.4, -0.2) is 16.6 Å². The fourth-order valence-corrected chi connectivity index (χ4v) is 2.81. The minimum absolute atomic E-state index is 0.0103. The summed E-state index contributed by atoms with van der Waals surface area (Å²) in [6.07, 6.45) is 2.45. The van der Waals surface area contributed by atoms with Gasteiger partial charge in [0.1, 0.15) is 17.5 Å². The van der Waals surface area contributed by atoms with E-state index in [0.717, 1.165) is 5.56 Å². The lowest BCUT2D eigenvalue weighted by molar-refractivity contribution is -0.132. The predicted octanol–water partition coefficient (Wildman–Crippen LogP) is 2.88. The zero-order valence-corrected chi connectivity index (χ0v) is 11.0. The van der Waals surface area contributed by atoms with Gasteiger partial charge in [-0.1, -0.05) is 36.4 Å². The lowest BCUT2D eigenvalue weighted by atomic mass is 9.75. The third kappa shape index (κ3) is 2.39. The summed E-state index contributed by atoms with van der Waals surface area (Å²) in [7, 11) is 0. The van der Waals surface area contributed by atoms with Gasteiger partial charge in [-0.3, -0.25) is 14.6 Å². The first kappa shape index (κ1) is 12.7. The van der Waals surface area contributed by atoms with Gasteiger partial charge in [-0.15, -0.1) is 0 Å². The summed E-state index contributed by atoms with van der Waals surface area (Å²) in [6.45, 7) is 0. The second kappa shape index (κ2) is 5.37. The molecule has 1 aromatic carbocycles. The van der Waals surface area contributed by atoms with Crippen LogP contribution >= 0.6 is 0 Å². The summed E-state index contributed by atoms with van der Waals surface area (Å²) in [6, 6.07) is 15.1. The van der Waals surface area contributed by atoms with E-state index < -0.39 is 5.92 Å². The van der Waals surface area contributed by atoms with Crippen molar-refractivity contribution in [2.24, 2.45) is 0 Å². The Kier molecular flexibility index (Phi) is 3.42. The van der Waals surface area contributed by atoms with Crippen LogP contribution in [0.5, 0.6) is 0 Å². The Hall–Kier alpha value is -2.29. The molecule has 1 fully saturated rings. The van der Waals surface area contributed by atoms with E-state index in [1.54, 1.807) is 18.3 Å². The molecular formula is C17H15NO2. The molecule has 0 radical (unpaired) electrons. The molecule has 1 aromatic heterocycles. The number of carbonyl (C=O) groups is 2. The molecule has 3 heteroatoms. The third-order valence-electron chi connectivity index (χ3n) is 3.79. The van der Waals surface area contributed by atoms with Gasteiger partial charge < -0.3 is 0 Å². The predicted molar refractivity (Wildman–Crippen MR) is 75.4 cm³/mol. The Morgan fingerprint density at radius 3 is 2.10 bits per heavy atom. The lowest BCUT2D eigenvalue weighted by Crippen LogP contribution is -2.31. The summed E-state index contributed by atoms with van der Waals surface area (Å²) in [5.74, 6) is -0.699. The molecule has 1 saturated carbocycles. The molecule has 0 atom stereocenters. The number of hydrogen-bond acceptors (Lipinski definition) is 3. The fourth-order valence-electron chi connectivity index (χ4n) is 2.81. The van der Waals surface area contributed by atoms with Crippen LogP contribution in [0.1, 0.15) is 35.9 Å². The highest BCUT2D eigenvalue weighted by molar-refractivity contribution is 6.09. The highest BCUT2D eigenvalue weighted by Crippen LogP contribution is 2.35. The topological polar surface area (TPSA) is 47.0 Å². The maximum atomic E-state index is 12.3. The van der Waals surface area contributed by atoms with E-state index >= 15 is 0 Å². The minimum Gasteiger partial charge on any atom is -0.298 e. The second-order valence-electron chi connectivity index (χ2n) is 5.14. The van der Waals surface area contributed by atoms with Crippen molar-refractivity contribution < 1.29 is 9.59 Å². The monoisotopic (exact) mass is 265 g/mol. The second-order valence-corrected chi connectivity index (χ2v) is 5.14. The first-order chi connectivity index (χ1) is 9.75. The molecule has 0 amide bonds. The van der Waals surface area contributed by atoms with E-state index in [9.17, 15) is 9.59 Å². The number of nitrogens with zero attached hydrogens (tertiary/aromatic N) is 1. The van der Waals surface area contributed by atoms with E-state index in [1.165, 1.54) is 0 Å². The van der Waals surface area contributed by atoms with Gasteiger partial charge in [-0.05, 0) is 23.6 Å². The molecule has 1 aliphatic carbocycles. The highest BCUT2D eigenvalue weighted by atomic mass is 16.2. The molecule has 20 heavy (non-hydrogen) atoms. The standard InChI is InChI=1S/C17H15NO2/c19-15-10-13(12-6-2-1-3-7-12)11-16(20)17(15)14-8-4-5-9-18-14/h1-9,13,17H,10-11H2. The molecule has 0 bridgehead atoms. The maximum Gasteiger partial charge on any atom is 0.149 e. The van der Waals surface area contributed by atoms with Gasteiger partial charge in [0.25, 0.3) is 0 Å². The SMILES string of the molecule is O=C1CC(c2ccccc2)CC(=O)C1c1ccccn1. The molecular weight excluding hydrogens is 250 g/mol. The van der Waals surface area contributed by atoms with Crippen molar-refractivity contribution in [3.05, 3.63) is 66.0 Å². The quantitative estimate of drug-likeness (QED) is 0.784. The average molecular weight is 265 g/mol. The van der Waals surface area contributed by atoms with Crippen LogP contribution in [-0.2, 0) is 9.59 Å². The number of benzene rings is 1. The molecule has 0 N–H and O–H groups in total. The van der Waals surface area contributed by atoms with E-state index in [1.807, 2.05) is 36.4 Å². The first-order valence-electron chi connectivity index (χ1n) is 6.77. The smallest absolute Gasteiger partial charge is 0.149 e. The van der Waals surface area contributed by atoms with Gasteiger partial charge in [0.15, 0.2) is 0 Å². The number of Topliss-reactive ketones (excluding diaryl/α,β-unsaturated/α-hetero) is 2. The van der Waals surface area contributed by atoms with Crippen molar-refractivity contribution in [2.45, 2.75) is 24.7 Å². The van der Waals surface area contributed by atoms with Gasteiger partial charge >= 0.3 is 0 Å². The van der Waals surface area contributed by atoms with E-state index in [0.29, 0.717) is 18.5 Å². The minimum atomic E-state index is -0.670. The zero-order chi connectivity index (χ0) is 13.9. The Morgan fingerprint density at radius 1 is 0.850 bits per heavy atom. The van der Waals surface area contributed by atoms with E-state index in [4.69, 9.17) is 0 Å². The molecule has 0 aliphatic heterocycles. The lowest BCUT2D eigenvalue weighted by Gasteiger charge is -2.26. The molecule has 3 rings (SSSR count). The van der Waals surface area contributed by atoms with Gasteiger partial charge in [-0.2, -0.15) is 0 Å². The van der Waals surface area contributed by atoms with Crippen molar-refractivity contribution >= 4 is 11.6 Å². The summed E-state index contributed by atoms with van der Waals surface area (Å²) in [5, 5.41) is 0. The number of aromatic nitrogens is 1. The van der Waals surface area contributed by atoms with E-state index in [-0.39, 0.29) is 17.5 Å². The average Bonchev–Trinajstić information content (AvgIpc) is 2.48. The molecule has 0 spiro atoms. The van der Waals surface area contributed by atoms with Crippen LogP contribution in [0, 0.1) is 0 Å². The van der Waals surface area contributed by atoms with Crippen LogP contribution in [0.2, 0.25) is 0 Å². The Labute approximate surface area is 117 Å². The summed E-state index contributed by atoms with van der Waals surface area (Å²) in [4.78, 5) is 28.8. The summed E-state index contributed by atoms with van der Waals surface area (Å²) in [5.41, 5.74) is 1.64. The van der Waals surface area contributed by atoms with E-state index in [2.05, 4.69) is 4.98 Å². The highest BCUT2D eigenvalue weighted by Gasteiger charge is 2.37. The largest absolute Gasteiger partial charge is 0.298 e. The molecule has 0 saturated heterocycles. The Morgan fingerprint density at radius 2 is 1.50 bits per heavy atom. The van der Waals surface area contributed by atoms with Crippen LogP contribution in [0.25, 0.3) is 0 Å². The van der Waals surface area contributed by atoms with Crippen molar-refractivity contribution in [3.8, 4) is 0 Å². The Balaban J connectivity index is 1.84. The molecule has 1 aliphatic rings. The van der Waals surface area contributed by atoms with Crippen LogP contribution < -0.4 is 0 Å². The molecule has 3 nitrogen and oxygen atoms in total. The fraction of sp³-hybridized carbons (Fsp3) is 0.235. The number of hydrogen-bond donors (Lipinski definition) is 0. The molecule has 1 heterocycles. The Bertz CT molecular complexity index is 604. The van der Waals surface area contributed by atoms with Crippen LogP contribution in [0.15, 0.2) is 54.7 Å². The normalized spacial score (nSPS) is 22.8. The van der Waals surface area contributed by atoms with Gasteiger partial charge in [0.2, 0.25) is 0 Å². The zero-order valence-electron chi connectivity index (χ0n) is 11.0. The van der Waals surface area contributed by atoms with Crippen molar-refractivity contribution in [2.75, 3.05) is 0 Å². The number of ketones is 2. The van der Waals surface area contributed by atoms with Crippen molar-refractivity contribution in [1.29, 1.82) is 0 Å². The van der Waals surface area contributed by atoms with Gasteiger partial charge in [0.05, 0.1) is 5.69 Å². The number of pyridine rings is 1. The molecule has 100 valence electrons. The van der Waals surface area contributed by atoms with Crippen molar-refractivity contribution in [3.63, 3.8) is 0 Å². The first-order valence-corrected chi connectivity index (χ1v) is 6.77. The molecule has 0 unspecified atom stereocenters.